The van der Waals surface area contributed by atoms with Crippen LogP contribution in [-0.2, 0) is 16.8 Å². The number of carbonyl (C=O) groups excluding carboxylic acids is 1. The molecule has 0 spiro atoms. The third kappa shape index (κ3) is 4.17. The molecule has 1 heterocycles. The van der Waals surface area contributed by atoms with E-state index in [9.17, 15) is 4.79 Å². The monoisotopic (exact) mass is 435 g/mol. The van der Waals surface area contributed by atoms with Crippen LogP contribution in [-0.4, -0.2) is 48.9 Å². The standard InChI is InChI=1S/C23H29N3O.2ClH/c1-18(19-8-4-3-5-9-19)25(2)22(27)23(26-16-14-24-15-17-26)13-12-20-10-6-7-11-21(20)23;;/h3-11,18,24H,12-17H2,1-2H3;2*1H/t18-,23?;;/m0../s1. The van der Waals surface area contributed by atoms with Crippen molar-refractivity contribution in [2.45, 2.75) is 31.3 Å². The van der Waals surface area contributed by atoms with Gasteiger partial charge in [-0.3, -0.25) is 9.69 Å². The molecule has 4 nitrogen and oxygen atoms in total. The summed E-state index contributed by atoms with van der Waals surface area (Å²) in [6.07, 6.45) is 1.84. The molecule has 2 aromatic carbocycles. The van der Waals surface area contributed by atoms with Crippen LogP contribution < -0.4 is 5.32 Å². The lowest BCUT2D eigenvalue weighted by Gasteiger charge is -2.45. The first kappa shape index (κ1) is 23.7. The Kier molecular flexibility index (Phi) is 8.12. The summed E-state index contributed by atoms with van der Waals surface area (Å²) in [5.41, 5.74) is 3.18. The van der Waals surface area contributed by atoms with Crippen LogP contribution in [0.4, 0.5) is 0 Å². The summed E-state index contributed by atoms with van der Waals surface area (Å²) in [6, 6.07) is 18.9. The number of halogens is 2. The number of fused-ring (bicyclic) bond motifs is 1. The minimum absolute atomic E-state index is 0. The molecule has 1 aliphatic carbocycles. The molecule has 1 amide bonds. The molecule has 1 saturated heterocycles. The van der Waals surface area contributed by atoms with Crippen molar-refractivity contribution < 1.29 is 4.79 Å². The number of hydrogen-bond acceptors (Lipinski definition) is 3. The van der Waals surface area contributed by atoms with Gasteiger partial charge in [-0.25, -0.2) is 0 Å². The van der Waals surface area contributed by atoms with E-state index in [0.717, 1.165) is 39.0 Å². The first-order valence-corrected chi connectivity index (χ1v) is 10.0. The number of aryl methyl sites for hydroxylation is 1. The van der Waals surface area contributed by atoms with Crippen LogP contribution in [0.2, 0.25) is 0 Å². The zero-order chi connectivity index (χ0) is 18.9. The molecular formula is C23H31Cl2N3O. The highest BCUT2D eigenvalue weighted by atomic mass is 35.5. The molecule has 158 valence electrons. The van der Waals surface area contributed by atoms with Gasteiger partial charge in [0.15, 0.2) is 0 Å². The van der Waals surface area contributed by atoms with Gasteiger partial charge in [0.25, 0.3) is 0 Å². The molecule has 1 unspecified atom stereocenters. The van der Waals surface area contributed by atoms with Gasteiger partial charge in [-0.1, -0.05) is 54.6 Å². The molecule has 2 aliphatic rings. The van der Waals surface area contributed by atoms with Crippen molar-refractivity contribution in [3.63, 3.8) is 0 Å². The van der Waals surface area contributed by atoms with Crippen molar-refractivity contribution in [2.24, 2.45) is 0 Å². The second kappa shape index (κ2) is 9.94. The lowest BCUT2D eigenvalue weighted by atomic mass is 9.86. The zero-order valence-electron chi connectivity index (χ0n) is 17.1. The van der Waals surface area contributed by atoms with Crippen molar-refractivity contribution in [1.82, 2.24) is 15.1 Å². The number of benzene rings is 2. The molecule has 6 heteroatoms. The van der Waals surface area contributed by atoms with Crippen LogP contribution in [0.1, 0.15) is 36.1 Å². The smallest absolute Gasteiger partial charge is 0.247 e. The number of likely N-dealkylation sites (N-methyl/N-ethyl adjacent to an activating group) is 1. The van der Waals surface area contributed by atoms with Crippen LogP contribution >= 0.6 is 24.8 Å². The summed E-state index contributed by atoms with van der Waals surface area (Å²) in [4.78, 5) is 18.4. The van der Waals surface area contributed by atoms with Gasteiger partial charge in [0.05, 0.1) is 6.04 Å². The maximum Gasteiger partial charge on any atom is 0.247 e. The molecule has 0 bridgehead atoms. The Balaban J connectivity index is 0.00000150. The Morgan fingerprint density at radius 3 is 2.34 bits per heavy atom. The average molecular weight is 436 g/mol. The fourth-order valence-corrected chi connectivity index (χ4v) is 4.75. The summed E-state index contributed by atoms with van der Waals surface area (Å²) >= 11 is 0. The fraction of sp³-hybridized carbons (Fsp3) is 0.435. The minimum atomic E-state index is -0.531. The van der Waals surface area contributed by atoms with Crippen molar-refractivity contribution in [1.29, 1.82) is 0 Å². The normalized spacial score (nSPS) is 22.0. The van der Waals surface area contributed by atoms with E-state index in [-0.39, 0.29) is 36.8 Å². The third-order valence-corrected chi connectivity index (χ3v) is 6.41. The van der Waals surface area contributed by atoms with E-state index in [1.54, 1.807) is 0 Å². The predicted molar refractivity (Wildman–Crippen MR) is 123 cm³/mol. The summed E-state index contributed by atoms with van der Waals surface area (Å²) in [5, 5.41) is 3.43. The van der Waals surface area contributed by atoms with Crippen LogP contribution in [0.5, 0.6) is 0 Å². The van der Waals surface area contributed by atoms with E-state index < -0.39 is 5.54 Å². The summed E-state index contributed by atoms with van der Waals surface area (Å²) in [5.74, 6) is 0.228. The van der Waals surface area contributed by atoms with Gasteiger partial charge in [-0.15, -0.1) is 24.8 Å². The van der Waals surface area contributed by atoms with Gasteiger partial charge < -0.3 is 10.2 Å². The summed E-state index contributed by atoms with van der Waals surface area (Å²) in [6.45, 7) is 5.82. The molecule has 1 fully saturated rings. The van der Waals surface area contributed by atoms with Gasteiger partial charge >= 0.3 is 0 Å². The average Bonchev–Trinajstić information content (AvgIpc) is 3.14. The number of nitrogens with zero attached hydrogens (tertiary/aromatic N) is 2. The maximum atomic E-state index is 14.0. The lowest BCUT2D eigenvalue weighted by molar-refractivity contribution is -0.147. The molecule has 1 aliphatic heterocycles. The molecule has 2 atom stereocenters. The Labute approximate surface area is 186 Å². The first-order valence-electron chi connectivity index (χ1n) is 10.0. The highest BCUT2D eigenvalue weighted by Gasteiger charge is 2.51. The number of hydrogen-bond donors (Lipinski definition) is 1. The molecule has 2 aromatic rings. The van der Waals surface area contributed by atoms with E-state index in [1.165, 1.54) is 16.7 Å². The van der Waals surface area contributed by atoms with Gasteiger partial charge in [0.1, 0.15) is 5.54 Å². The van der Waals surface area contributed by atoms with Gasteiger partial charge in [0, 0.05) is 33.2 Å². The lowest BCUT2D eigenvalue weighted by Crippen LogP contribution is -2.60. The van der Waals surface area contributed by atoms with E-state index in [1.807, 2.05) is 30.1 Å². The Bertz CT molecular complexity index is 811. The summed E-state index contributed by atoms with van der Waals surface area (Å²) < 4.78 is 0. The third-order valence-electron chi connectivity index (χ3n) is 6.41. The largest absolute Gasteiger partial charge is 0.337 e. The van der Waals surface area contributed by atoms with E-state index in [4.69, 9.17) is 0 Å². The van der Waals surface area contributed by atoms with Crippen LogP contribution in [0.3, 0.4) is 0 Å². The van der Waals surface area contributed by atoms with Crippen molar-refractivity contribution >= 4 is 30.7 Å². The number of carbonyl (C=O) groups is 1. The second-order valence-corrected chi connectivity index (χ2v) is 7.76. The Morgan fingerprint density at radius 1 is 1.03 bits per heavy atom. The first-order chi connectivity index (χ1) is 13.1. The number of piperazine rings is 1. The van der Waals surface area contributed by atoms with Crippen molar-refractivity contribution in [3.05, 3.63) is 71.3 Å². The maximum absolute atomic E-state index is 14.0. The van der Waals surface area contributed by atoms with Crippen LogP contribution in [0, 0.1) is 0 Å². The SMILES string of the molecule is C[C@@H](c1ccccc1)N(C)C(=O)C1(N2CCNCC2)CCc2ccccc21.Cl.Cl. The molecule has 0 radical (unpaired) electrons. The number of amides is 1. The topological polar surface area (TPSA) is 35.6 Å². The van der Waals surface area contributed by atoms with Crippen LogP contribution in [0.25, 0.3) is 0 Å². The minimum Gasteiger partial charge on any atom is -0.337 e. The highest BCUT2D eigenvalue weighted by Crippen LogP contribution is 2.44. The Hall–Kier alpha value is -1.59. The fourth-order valence-electron chi connectivity index (χ4n) is 4.75. The van der Waals surface area contributed by atoms with Crippen LogP contribution in [0.15, 0.2) is 54.6 Å². The molecule has 0 saturated carbocycles. The summed E-state index contributed by atoms with van der Waals surface area (Å²) in [7, 11) is 1.96. The molecule has 1 N–H and O–H groups in total. The van der Waals surface area contributed by atoms with Gasteiger partial charge in [-0.2, -0.15) is 0 Å². The van der Waals surface area contributed by atoms with Crippen molar-refractivity contribution in [3.8, 4) is 0 Å². The Morgan fingerprint density at radius 2 is 1.66 bits per heavy atom. The molecular weight excluding hydrogens is 405 g/mol. The predicted octanol–water partition coefficient (Wildman–Crippen LogP) is 3.80. The highest BCUT2D eigenvalue weighted by molar-refractivity contribution is 5.89. The van der Waals surface area contributed by atoms with E-state index in [0.29, 0.717) is 0 Å². The zero-order valence-corrected chi connectivity index (χ0v) is 18.8. The number of rotatable bonds is 4. The van der Waals surface area contributed by atoms with E-state index >= 15 is 0 Å². The van der Waals surface area contributed by atoms with Crippen molar-refractivity contribution in [2.75, 3.05) is 33.2 Å². The van der Waals surface area contributed by atoms with E-state index in [2.05, 4.69) is 53.5 Å². The molecule has 29 heavy (non-hydrogen) atoms. The number of nitrogens with one attached hydrogen (secondary N) is 1. The molecule has 4 rings (SSSR count). The molecule has 0 aromatic heterocycles. The van der Waals surface area contributed by atoms with Gasteiger partial charge in [-0.05, 0) is 36.5 Å². The quantitative estimate of drug-likeness (QED) is 0.792. The van der Waals surface area contributed by atoms with Gasteiger partial charge in [0.2, 0.25) is 5.91 Å². The second-order valence-electron chi connectivity index (χ2n) is 7.76.